The molecule has 2 rings (SSSR count). The second kappa shape index (κ2) is 3.64. The third-order valence-corrected chi connectivity index (χ3v) is 4.32. The van der Waals surface area contributed by atoms with Crippen molar-refractivity contribution >= 4 is 50.0 Å². The summed E-state index contributed by atoms with van der Waals surface area (Å²) in [6, 6.07) is 4.35. The molecule has 0 nitrogen and oxygen atoms in total. The SMILES string of the molecule is Cc1c(CBr)ccc2scc(S)c12. The van der Waals surface area contributed by atoms with Crippen molar-refractivity contribution in [2.45, 2.75) is 17.1 Å². The fourth-order valence-corrected chi connectivity index (χ4v) is 3.48. The summed E-state index contributed by atoms with van der Waals surface area (Å²) in [5, 5.41) is 4.32. The summed E-state index contributed by atoms with van der Waals surface area (Å²) in [7, 11) is 0. The van der Waals surface area contributed by atoms with Crippen LogP contribution in [0.3, 0.4) is 0 Å². The Balaban J connectivity index is 2.83. The van der Waals surface area contributed by atoms with Crippen molar-refractivity contribution in [3.8, 4) is 0 Å². The normalized spacial score (nSPS) is 11.0. The first-order valence-electron chi connectivity index (χ1n) is 3.98. The van der Waals surface area contributed by atoms with Crippen LogP contribution in [0, 0.1) is 6.92 Å². The molecule has 3 heteroatoms. The Morgan fingerprint density at radius 2 is 2.23 bits per heavy atom. The van der Waals surface area contributed by atoms with Gasteiger partial charge in [0, 0.05) is 25.7 Å². The van der Waals surface area contributed by atoms with E-state index in [9.17, 15) is 0 Å². The molecule has 0 spiro atoms. The number of halogens is 1. The van der Waals surface area contributed by atoms with Gasteiger partial charge < -0.3 is 0 Å². The molecular weight excluding hydrogens is 264 g/mol. The van der Waals surface area contributed by atoms with Crippen molar-refractivity contribution < 1.29 is 0 Å². The molecule has 0 unspecified atom stereocenters. The summed E-state index contributed by atoms with van der Waals surface area (Å²) < 4.78 is 1.33. The Bertz CT molecular complexity index is 445. The van der Waals surface area contributed by atoms with Gasteiger partial charge >= 0.3 is 0 Å². The minimum atomic E-state index is 0.915. The minimum Gasteiger partial charge on any atom is -0.143 e. The van der Waals surface area contributed by atoms with Gasteiger partial charge in [0.25, 0.3) is 0 Å². The molecule has 68 valence electrons. The van der Waals surface area contributed by atoms with Crippen molar-refractivity contribution in [2.24, 2.45) is 0 Å². The quantitative estimate of drug-likeness (QED) is 0.578. The number of rotatable bonds is 1. The van der Waals surface area contributed by atoms with Crippen LogP contribution in [0.15, 0.2) is 22.4 Å². The van der Waals surface area contributed by atoms with Gasteiger partial charge in [0.15, 0.2) is 0 Å². The molecule has 13 heavy (non-hydrogen) atoms. The Morgan fingerprint density at radius 1 is 1.46 bits per heavy atom. The summed E-state index contributed by atoms with van der Waals surface area (Å²) in [4.78, 5) is 1.10. The lowest BCUT2D eigenvalue weighted by molar-refractivity contribution is 1.35. The van der Waals surface area contributed by atoms with Crippen LogP contribution in [0.1, 0.15) is 11.1 Å². The molecule has 0 atom stereocenters. The standard InChI is InChI=1S/C10H9BrS2/c1-6-7(4-11)2-3-9-10(6)8(12)5-13-9/h2-3,5,12H,4H2,1H3. The van der Waals surface area contributed by atoms with Crippen molar-refractivity contribution in [1.29, 1.82) is 0 Å². The van der Waals surface area contributed by atoms with Gasteiger partial charge in [-0.2, -0.15) is 0 Å². The molecule has 1 heterocycles. The fourth-order valence-electron chi connectivity index (χ4n) is 1.47. The molecule has 1 aromatic carbocycles. The van der Waals surface area contributed by atoms with E-state index in [0.717, 1.165) is 10.2 Å². The van der Waals surface area contributed by atoms with Crippen LogP contribution >= 0.6 is 39.9 Å². The fraction of sp³-hybridized carbons (Fsp3) is 0.200. The van der Waals surface area contributed by atoms with E-state index in [2.05, 4.69) is 53.0 Å². The van der Waals surface area contributed by atoms with Gasteiger partial charge in [0.05, 0.1) is 0 Å². The lowest BCUT2D eigenvalue weighted by Crippen LogP contribution is -1.84. The lowest BCUT2D eigenvalue weighted by Gasteiger charge is -2.03. The molecule has 0 aliphatic heterocycles. The zero-order valence-electron chi connectivity index (χ0n) is 7.17. The van der Waals surface area contributed by atoms with Crippen molar-refractivity contribution in [3.05, 3.63) is 28.6 Å². The molecule has 0 bridgehead atoms. The highest BCUT2D eigenvalue weighted by Gasteiger charge is 2.06. The largest absolute Gasteiger partial charge is 0.143 e. The van der Waals surface area contributed by atoms with Crippen molar-refractivity contribution in [1.82, 2.24) is 0 Å². The van der Waals surface area contributed by atoms with Crippen LogP contribution in [0.25, 0.3) is 10.1 Å². The number of alkyl halides is 1. The van der Waals surface area contributed by atoms with E-state index in [1.165, 1.54) is 21.2 Å². The number of fused-ring (bicyclic) bond motifs is 1. The van der Waals surface area contributed by atoms with Gasteiger partial charge in [-0.15, -0.1) is 24.0 Å². The molecular formula is C10H9BrS2. The lowest BCUT2D eigenvalue weighted by atomic mass is 10.1. The summed E-state index contributed by atoms with van der Waals surface area (Å²) in [5.74, 6) is 0. The van der Waals surface area contributed by atoms with Crippen LogP contribution in [0.2, 0.25) is 0 Å². The second-order valence-electron chi connectivity index (χ2n) is 2.98. The van der Waals surface area contributed by atoms with E-state index in [0.29, 0.717) is 0 Å². The predicted octanol–water partition coefficient (Wildman–Crippen LogP) is 4.39. The maximum absolute atomic E-state index is 4.45. The van der Waals surface area contributed by atoms with Crippen molar-refractivity contribution in [2.75, 3.05) is 0 Å². The smallest absolute Gasteiger partial charge is 0.0357 e. The van der Waals surface area contributed by atoms with E-state index in [1.54, 1.807) is 11.3 Å². The molecule has 1 aromatic heterocycles. The summed E-state index contributed by atoms with van der Waals surface area (Å²) in [5.41, 5.74) is 2.70. The zero-order valence-corrected chi connectivity index (χ0v) is 10.5. The maximum Gasteiger partial charge on any atom is 0.0357 e. The molecule has 0 fully saturated rings. The third kappa shape index (κ3) is 1.53. The number of thiophene rings is 1. The van der Waals surface area contributed by atoms with Gasteiger partial charge in [0.1, 0.15) is 0 Å². The highest BCUT2D eigenvalue weighted by atomic mass is 79.9. The molecule has 0 amide bonds. The van der Waals surface area contributed by atoms with Gasteiger partial charge in [-0.3, -0.25) is 0 Å². The second-order valence-corrected chi connectivity index (χ2v) is 4.93. The minimum absolute atomic E-state index is 0.915. The summed E-state index contributed by atoms with van der Waals surface area (Å²) in [6.45, 7) is 2.16. The molecule has 0 saturated heterocycles. The third-order valence-electron chi connectivity index (χ3n) is 2.24. The van der Waals surface area contributed by atoms with Crippen molar-refractivity contribution in [3.63, 3.8) is 0 Å². The van der Waals surface area contributed by atoms with Crippen LogP contribution in [0.4, 0.5) is 0 Å². The number of hydrogen-bond donors (Lipinski definition) is 1. The average molecular weight is 273 g/mol. The number of benzene rings is 1. The molecule has 0 saturated carbocycles. The number of hydrogen-bond acceptors (Lipinski definition) is 2. The van der Waals surface area contributed by atoms with Gasteiger partial charge in [-0.1, -0.05) is 22.0 Å². The van der Waals surface area contributed by atoms with Crippen LogP contribution in [-0.2, 0) is 5.33 Å². The highest BCUT2D eigenvalue weighted by molar-refractivity contribution is 9.08. The predicted molar refractivity (Wildman–Crippen MR) is 66.4 cm³/mol. The molecule has 2 aromatic rings. The van der Waals surface area contributed by atoms with E-state index in [4.69, 9.17) is 0 Å². The Kier molecular flexibility index (Phi) is 2.67. The van der Waals surface area contributed by atoms with Crippen LogP contribution < -0.4 is 0 Å². The monoisotopic (exact) mass is 272 g/mol. The first-order valence-corrected chi connectivity index (χ1v) is 6.43. The highest BCUT2D eigenvalue weighted by Crippen LogP contribution is 2.33. The maximum atomic E-state index is 4.45. The first-order chi connectivity index (χ1) is 6.24. The van der Waals surface area contributed by atoms with Crippen LogP contribution in [0.5, 0.6) is 0 Å². The molecule has 0 N–H and O–H groups in total. The number of aryl methyl sites for hydroxylation is 1. The van der Waals surface area contributed by atoms with E-state index in [1.807, 2.05) is 0 Å². The van der Waals surface area contributed by atoms with E-state index < -0.39 is 0 Å². The van der Waals surface area contributed by atoms with Gasteiger partial charge in [0.2, 0.25) is 0 Å². The van der Waals surface area contributed by atoms with Crippen LogP contribution in [-0.4, -0.2) is 0 Å². The van der Waals surface area contributed by atoms with E-state index in [-0.39, 0.29) is 0 Å². The Labute approximate surface area is 95.5 Å². The van der Waals surface area contributed by atoms with E-state index >= 15 is 0 Å². The summed E-state index contributed by atoms with van der Waals surface area (Å²) >= 11 is 9.69. The average Bonchev–Trinajstić information content (AvgIpc) is 2.49. The summed E-state index contributed by atoms with van der Waals surface area (Å²) in [6.07, 6.45) is 0. The first kappa shape index (κ1) is 9.56. The number of thiol groups is 1. The Morgan fingerprint density at radius 3 is 2.92 bits per heavy atom. The van der Waals surface area contributed by atoms with Gasteiger partial charge in [-0.05, 0) is 24.1 Å². The molecule has 0 radical (unpaired) electrons. The van der Waals surface area contributed by atoms with Gasteiger partial charge in [-0.25, -0.2) is 0 Å². The molecule has 0 aliphatic rings. The molecule has 0 aliphatic carbocycles. The topological polar surface area (TPSA) is 0 Å². The zero-order chi connectivity index (χ0) is 9.42. The Hall–Kier alpha value is 0.01000.